The summed E-state index contributed by atoms with van der Waals surface area (Å²) >= 11 is 0. The van der Waals surface area contributed by atoms with E-state index in [9.17, 15) is 14.3 Å². The number of phenols is 1. The van der Waals surface area contributed by atoms with Crippen molar-refractivity contribution in [1.29, 1.82) is 0 Å². The van der Waals surface area contributed by atoms with E-state index in [2.05, 4.69) is 5.32 Å². The molecule has 0 aliphatic heterocycles. The SMILES string of the molecule is CC(N)CNC(=O)c1c(O)cccc1F. The zero-order chi connectivity index (χ0) is 11.4. The molecule has 5 heteroatoms. The van der Waals surface area contributed by atoms with Gasteiger partial charge in [-0.25, -0.2) is 4.39 Å². The first-order chi connectivity index (χ1) is 7.02. The summed E-state index contributed by atoms with van der Waals surface area (Å²) in [7, 11) is 0. The molecule has 0 aromatic heterocycles. The molecule has 1 amide bonds. The fourth-order valence-electron chi connectivity index (χ4n) is 1.08. The van der Waals surface area contributed by atoms with E-state index >= 15 is 0 Å². The molecule has 4 nitrogen and oxygen atoms in total. The Morgan fingerprint density at radius 2 is 2.33 bits per heavy atom. The number of carbonyl (C=O) groups is 1. The van der Waals surface area contributed by atoms with Gasteiger partial charge in [-0.05, 0) is 19.1 Å². The van der Waals surface area contributed by atoms with Gasteiger partial charge in [-0.3, -0.25) is 4.79 Å². The first kappa shape index (κ1) is 11.5. The fraction of sp³-hybridized carbons (Fsp3) is 0.300. The lowest BCUT2D eigenvalue weighted by molar-refractivity contribution is 0.0945. The van der Waals surface area contributed by atoms with Crippen molar-refractivity contribution in [3.05, 3.63) is 29.6 Å². The highest BCUT2D eigenvalue weighted by Crippen LogP contribution is 2.19. The lowest BCUT2D eigenvalue weighted by atomic mass is 10.1. The number of halogens is 1. The molecule has 1 unspecified atom stereocenters. The van der Waals surface area contributed by atoms with Crippen molar-refractivity contribution in [3.8, 4) is 5.75 Å². The summed E-state index contributed by atoms with van der Waals surface area (Å²) in [5.41, 5.74) is 5.07. The maximum atomic E-state index is 13.2. The lowest BCUT2D eigenvalue weighted by Gasteiger charge is -2.09. The van der Waals surface area contributed by atoms with Crippen molar-refractivity contribution in [2.24, 2.45) is 5.73 Å². The molecule has 4 N–H and O–H groups in total. The summed E-state index contributed by atoms with van der Waals surface area (Å²) < 4.78 is 13.2. The molecule has 0 aliphatic carbocycles. The molecular weight excluding hydrogens is 199 g/mol. The summed E-state index contributed by atoms with van der Waals surface area (Å²) in [6.45, 7) is 1.94. The predicted molar refractivity (Wildman–Crippen MR) is 54.0 cm³/mol. The molecule has 1 atom stereocenters. The van der Waals surface area contributed by atoms with Gasteiger partial charge >= 0.3 is 0 Å². The average Bonchev–Trinajstić information content (AvgIpc) is 2.14. The van der Waals surface area contributed by atoms with E-state index in [1.165, 1.54) is 12.1 Å². The number of benzene rings is 1. The number of amides is 1. The van der Waals surface area contributed by atoms with E-state index in [1.54, 1.807) is 6.92 Å². The normalized spacial score (nSPS) is 12.2. The Balaban J connectivity index is 2.82. The molecule has 0 fully saturated rings. The third-order valence-electron chi connectivity index (χ3n) is 1.80. The summed E-state index contributed by atoms with van der Waals surface area (Å²) in [5, 5.41) is 11.7. The highest BCUT2D eigenvalue weighted by atomic mass is 19.1. The second-order valence-corrected chi connectivity index (χ2v) is 3.32. The zero-order valence-electron chi connectivity index (χ0n) is 8.33. The van der Waals surface area contributed by atoms with Gasteiger partial charge < -0.3 is 16.2 Å². The molecule has 0 aliphatic rings. The number of hydrogen-bond donors (Lipinski definition) is 3. The van der Waals surface area contributed by atoms with Crippen LogP contribution in [-0.2, 0) is 0 Å². The largest absolute Gasteiger partial charge is 0.507 e. The summed E-state index contributed by atoms with van der Waals surface area (Å²) in [6.07, 6.45) is 0. The van der Waals surface area contributed by atoms with Crippen LogP contribution in [-0.4, -0.2) is 23.6 Å². The molecule has 0 radical (unpaired) electrons. The Morgan fingerprint density at radius 3 is 2.87 bits per heavy atom. The molecule has 1 rings (SSSR count). The van der Waals surface area contributed by atoms with Crippen molar-refractivity contribution >= 4 is 5.91 Å². The van der Waals surface area contributed by atoms with Gasteiger partial charge in [-0.1, -0.05) is 6.07 Å². The van der Waals surface area contributed by atoms with E-state index in [4.69, 9.17) is 5.73 Å². The molecule has 0 spiro atoms. The zero-order valence-corrected chi connectivity index (χ0v) is 8.33. The number of nitrogens with two attached hydrogens (primary N) is 1. The van der Waals surface area contributed by atoms with Crippen LogP contribution in [0, 0.1) is 5.82 Å². The third-order valence-corrected chi connectivity index (χ3v) is 1.80. The molecule has 0 bridgehead atoms. The van der Waals surface area contributed by atoms with E-state index < -0.39 is 11.7 Å². The molecule has 1 aromatic rings. The topological polar surface area (TPSA) is 75.3 Å². The Labute approximate surface area is 86.9 Å². The molecule has 0 saturated heterocycles. The molecule has 0 saturated carbocycles. The number of rotatable bonds is 3. The van der Waals surface area contributed by atoms with Crippen LogP contribution in [0.25, 0.3) is 0 Å². The van der Waals surface area contributed by atoms with Crippen LogP contribution in [0.15, 0.2) is 18.2 Å². The van der Waals surface area contributed by atoms with Gasteiger partial charge in [0.1, 0.15) is 17.1 Å². The number of nitrogens with one attached hydrogen (secondary N) is 1. The molecule has 15 heavy (non-hydrogen) atoms. The van der Waals surface area contributed by atoms with Crippen LogP contribution in [0.4, 0.5) is 4.39 Å². The molecular formula is C10H13FN2O2. The van der Waals surface area contributed by atoms with Crippen LogP contribution in [0.3, 0.4) is 0 Å². The average molecular weight is 212 g/mol. The van der Waals surface area contributed by atoms with Gasteiger partial charge in [0.15, 0.2) is 0 Å². The van der Waals surface area contributed by atoms with Gasteiger partial charge in [0.25, 0.3) is 5.91 Å². The molecule has 0 heterocycles. The van der Waals surface area contributed by atoms with E-state index in [0.29, 0.717) is 0 Å². The number of aromatic hydroxyl groups is 1. The van der Waals surface area contributed by atoms with Crippen LogP contribution in [0.5, 0.6) is 5.75 Å². The third kappa shape index (κ3) is 2.92. The van der Waals surface area contributed by atoms with Gasteiger partial charge in [-0.2, -0.15) is 0 Å². The van der Waals surface area contributed by atoms with Crippen molar-refractivity contribution < 1.29 is 14.3 Å². The van der Waals surface area contributed by atoms with Gasteiger partial charge in [0, 0.05) is 12.6 Å². The quantitative estimate of drug-likeness (QED) is 0.687. The van der Waals surface area contributed by atoms with Crippen molar-refractivity contribution in [3.63, 3.8) is 0 Å². The van der Waals surface area contributed by atoms with Crippen molar-refractivity contribution in [1.82, 2.24) is 5.32 Å². The van der Waals surface area contributed by atoms with Crippen molar-refractivity contribution in [2.45, 2.75) is 13.0 Å². The summed E-state index contributed by atoms with van der Waals surface area (Å²) in [4.78, 5) is 11.4. The minimum absolute atomic E-state index is 0.220. The fourth-order valence-corrected chi connectivity index (χ4v) is 1.08. The molecule has 82 valence electrons. The minimum atomic E-state index is -0.753. The second kappa shape index (κ2) is 4.75. The van der Waals surface area contributed by atoms with Gasteiger partial charge in [0.2, 0.25) is 0 Å². The van der Waals surface area contributed by atoms with Crippen LogP contribution >= 0.6 is 0 Å². The second-order valence-electron chi connectivity index (χ2n) is 3.32. The van der Waals surface area contributed by atoms with E-state index in [-0.39, 0.29) is 23.9 Å². The first-order valence-corrected chi connectivity index (χ1v) is 4.53. The van der Waals surface area contributed by atoms with Crippen molar-refractivity contribution in [2.75, 3.05) is 6.54 Å². The van der Waals surface area contributed by atoms with Crippen LogP contribution in [0.1, 0.15) is 17.3 Å². The number of carbonyl (C=O) groups excluding carboxylic acids is 1. The van der Waals surface area contributed by atoms with Gasteiger partial charge in [-0.15, -0.1) is 0 Å². The van der Waals surface area contributed by atoms with Gasteiger partial charge in [0.05, 0.1) is 0 Å². The Bertz CT molecular complexity index is 346. The van der Waals surface area contributed by atoms with E-state index in [1.807, 2.05) is 0 Å². The molecule has 1 aromatic carbocycles. The number of phenolic OH excluding ortho intramolecular Hbond substituents is 1. The standard InChI is InChI=1S/C10H13FN2O2/c1-6(12)5-13-10(15)9-7(11)3-2-4-8(9)14/h2-4,6,14H,5,12H2,1H3,(H,13,15). The first-order valence-electron chi connectivity index (χ1n) is 4.53. The highest BCUT2D eigenvalue weighted by Gasteiger charge is 2.15. The van der Waals surface area contributed by atoms with E-state index in [0.717, 1.165) is 6.07 Å². The van der Waals surface area contributed by atoms with Crippen LogP contribution in [0.2, 0.25) is 0 Å². The Hall–Kier alpha value is -1.62. The predicted octanol–water partition coefficient (Wildman–Crippen LogP) is 0.608. The van der Waals surface area contributed by atoms with Crippen LogP contribution < -0.4 is 11.1 Å². The lowest BCUT2D eigenvalue weighted by Crippen LogP contribution is -2.35. The minimum Gasteiger partial charge on any atom is -0.507 e. The number of hydrogen-bond acceptors (Lipinski definition) is 3. The summed E-state index contributed by atoms with van der Waals surface area (Å²) in [6, 6.07) is 3.47. The Kier molecular flexibility index (Phi) is 3.62. The smallest absolute Gasteiger partial charge is 0.258 e. The highest BCUT2D eigenvalue weighted by molar-refractivity contribution is 5.97. The monoisotopic (exact) mass is 212 g/mol. The maximum absolute atomic E-state index is 13.2. The Morgan fingerprint density at radius 1 is 1.67 bits per heavy atom. The maximum Gasteiger partial charge on any atom is 0.258 e. The summed E-state index contributed by atoms with van der Waals surface area (Å²) in [5.74, 6) is -1.79.